The molecule has 1 unspecified atom stereocenters. The lowest BCUT2D eigenvalue weighted by Crippen LogP contribution is -2.35. The van der Waals surface area contributed by atoms with Crippen molar-refractivity contribution in [1.82, 2.24) is 5.43 Å². The first-order chi connectivity index (χ1) is 12.0. The predicted octanol–water partition coefficient (Wildman–Crippen LogP) is 2.36. The van der Waals surface area contributed by atoms with Gasteiger partial charge in [0.25, 0.3) is 5.91 Å². The Morgan fingerprint density at radius 1 is 1.20 bits per heavy atom. The summed E-state index contributed by atoms with van der Waals surface area (Å²) >= 11 is 0. The van der Waals surface area contributed by atoms with E-state index in [2.05, 4.69) is 15.8 Å². The summed E-state index contributed by atoms with van der Waals surface area (Å²) in [6.07, 6.45) is 1.35. The van der Waals surface area contributed by atoms with Crippen molar-refractivity contribution >= 4 is 17.8 Å². The fourth-order valence-electron chi connectivity index (χ4n) is 2.09. The quantitative estimate of drug-likeness (QED) is 0.530. The fourth-order valence-corrected chi connectivity index (χ4v) is 2.09. The number of hydrogen-bond acceptors (Lipinski definition) is 6. The standard InChI is InChI=1S/C18H21N3O4/c1-12(20-15-6-4-5-7-17(15)25-3)18(23)21-19-11-13-10-14(24-2)8-9-16(13)22/h4-12,20,22H,1-3H3,(H,21,23)/b19-11+. The van der Waals surface area contributed by atoms with Crippen LogP contribution in [-0.4, -0.2) is 37.5 Å². The Morgan fingerprint density at radius 3 is 2.68 bits per heavy atom. The molecule has 0 radical (unpaired) electrons. The number of hydrogen-bond donors (Lipinski definition) is 3. The van der Waals surface area contributed by atoms with Gasteiger partial charge in [-0.15, -0.1) is 0 Å². The second-order valence-corrected chi connectivity index (χ2v) is 5.23. The molecular weight excluding hydrogens is 322 g/mol. The Morgan fingerprint density at radius 2 is 1.96 bits per heavy atom. The molecule has 0 spiro atoms. The third kappa shape index (κ3) is 4.87. The van der Waals surface area contributed by atoms with Gasteiger partial charge in [0.05, 0.1) is 26.1 Å². The number of para-hydroxylation sites is 2. The van der Waals surface area contributed by atoms with Crippen molar-refractivity contribution in [2.75, 3.05) is 19.5 Å². The van der Waals surface area contributed by atoms with Crippen LogP contribution in [0.5, 0.6) is 17.2 Å². The molecule has 0 aliphatic rings. The van der Waals surface area contributed by atoms with E-state index in [1.165, 1.54) is 19.4 Å². The topological polar surface area (TPSA) is 92.2 Å². The molecule has 132 valence electrons. The number of ether oxygens (including phenoxy) is 2. The number of amides is 1. The zero-order valence-electron chi connectivity index (χ0n) is 14.3. The van der Waals surface area contributed by atoms with E-state index in [0.717, 1.165) is 0 Å². The number of nitrogens with zero attached hydrogens (tertiary/aromatic N) is 1. The van der Waals surface area contributed by atoms with Crippen LogP contribution in [0.1, 0.15) is 12.5 Å². The zero-order chi connectivity index (χ0) is 18.2. The van der Waals surface area contributed by atoms with Gasteiger partial charge in [-0.1, -0.05) is 12.1 Å². The van der Waals surface area contributed by atoms with Crippen LogP contribution in [0.3, 0.4) is 0 Å². The van der Waals surface area contributed by atoms with Gasteiger partial charge in [-0.05, 0) is 37.3 Å². The molecule has 0 saturated carbocycles. The summed E-state index contributed by atoms with van der Waals surface area (Å²) in [5.41, 5.74) is 3.57. The van der Waals surface area contributed by atoms with Crippen LogP contribution >= 0.6 is 0 Å². The number of phenols is 1. The van der Waals surface area contributed by atoms with E-state index in [-0.39, 0.29) is 11.7 Å². The molecule has 0 aromatic heterocycles. The Labute approximate surface area is 146 Å². The molecule has 0 heterocycles. The van der Waals surface area contributed by atoms with E-state index < -0.39 is 6.04 Å². The summed E-state index contributed by atoms with van der Waals surface area (Å²) in [6, 6.07) is 11.5. The molecule has 0 fully saturated rings. The number of hydrazone groups is 1. The normalized spacial score (nSPS) is 11.8. The lowest BCUT2D eigenvalue weighted by molar-refractivity contribution is -0.121. The summed E-state index contributed by atoms with van der Waals surface area (Å²) in [7, 11) is 3.09. The molecule has 3 N–H and O–H groups in total. The number of phenolic OH excluding ortho intramolecular Hbond substituents is 1. The molecule has 1 amide bonds. The van der Waals surface area contributed by atoms with Crippen LogP contribution in [0.15, 0.2) is 47.6 Å². The third-order valence-electron chi connectivity index (χ3n) is 3.49. The van der Waals surface area contributed by atoms with Gasteiger partial charge in [-0.2, -0.15) is 5.10 Å². The third-order valence-corrected chi connectivity index (χ3v) is 3.49. The fraction of sp³-hybridized carbons (Fsp3) is 0.222. The van der Waals surface area contributed by atoms with Gasteiger partial charge in [-0.3, -0.25) is 4.79 Å². The second kappa shape index (κ2) is 8.58. The molecular formula is C18H21N3O4. The van der Waals surface area contributed by atoms with Crippen LogP contribution in [-0.2, 0) is 4.79 Å². The highest BCUT2D eigenvalue weighted by Gasteiger charge is 2.13. The minimum Gasteiger partial charge on any atom is -0.507 e. The second-order valence-electron chi connectivity index (χ2n) is 5.23. The van der Waals surface area contributed by atoms with Gasteiger partial charge < -0.3 is 19.9 Å². The molecule has 7 nitrogen and oxygen atoms in total. The van der Waals surface area contributed by atoms with Crippen molar-refractivity contribution in [3.05, 3.63) is 48.0 Å². The highest BCUT2D eigenvalue weighted by atomic mass is 16.5. The van der Waals surface area contributed by atoms with E-state index in [0.29, 0.717) is 22.7 Å². The molecule has 7 heteroatoms. The average molecular weight is 343 g/mol. The molecule has 25 heavy (non-hydrogen) atoms. The summed E-state index contributed by atoms with van der Waals surface area (Å²) in [5.74, 6) is 0.937. The van der Waals surface area contributed by atoms with Gasteiger partial charge in [0.15, 0.2) is 0 Å². The SMILES string of the molecule is COc1ccc(O)c(/C=N/NC(=O)C(C)Nc2ccccc2OC)c1. The molecule has 2 aromatic carbocycles. The minimum absolute atomic E-state index is 0.0407. The smallest absolute Gasteiger partial charge is 0.262 e. The number of carbonyl (C=O) groups is 1. The van der Waals surface area contributed by atoms with E-state index in [4.69, 9.17) is 9.47 Å². The van der Waals surface area contributed by atoms with Crippen LogP contribution in [0.25, 0.3) is 0 Å². The monoisotopic (exact) mass is 343 g/mol. The maximum Gasteiger partial charge on any atom is 0.262 e. The average Bonchev–Trinajstić information content (AvgIpc) is 2.63. The van der Waals surface area contributed by atoms with Gasteiger partial charge in [-0.25, -0.2) is 5.43 Å². The van der Waals surface area contributed by atoms with E-state index in [1.807, 2.05) is 18.2 Å². The van der Waals surface area contributed by atoms with Gasteiger partial charge in [0.1, 0.15) is 23.3 Å². The highest BCUT2D eigenvalue weighted by Crippen LogP contribution is 2.24. The van der Waals surface area contributed by atoms with Crippen LogP contribution in [0.4, 0.5) is 5.69 Å². The molecule has 2 rings (SSSR count). The number of methoxy groups -OCH3 is 2. The first kappa shape index (κ1) is 18.1. The van der Waals surface area contributed by atoms with Crippen molar-refractivity contribution in [2.24, 2.45) is 5.10 Å². The number of aromatic hydroxyl groups is 1. The maximum absolute atomic E-state index is 12.1. The van der Waals surface area contributed by atoms with Crippen LogP contribution in [0, 0.1) is 0 Å². The number of benzene rings is 2. The first-order valence-electron chi connectivity index (χ1n) is 7.64. The van der Waals surface area contributed by atoms with Crippen molar-refractivity contribution in [3.63, 3.8) is 0 Å². The van der Waals surface area contributed by atoms with Gasteiger partial charge in [0.2, 0.25) is 0 Å². The number of anilines is 1. The Kier molecular flexibility index (Phi) is 6.22. The molecule has 0 bridgehead atoms. The van der Waals surface area contributed by atoms with Crippen molar-refractivity contribution < 1.29 is 19.4 Å². The van der Waals surface area contributed by atoms with Crippen molar-refractivity contribution in [1.29, 1.82) is 0 Å². The Hall–Kier alpha value is -3.22. The number of nitrogens with one attached hydrogen (secondary N) is 2. The zero-order valence-corrected chi connectivity index (χ0v) is 14.3. The molecule has 0 saturated heterocycles. The largest absolute Gasteiger partial charge is 0.507 e. The first-order valence-corrected chi connectivity index (χ1v) is 7.64. The molecule has 0 aliphatic heterocycles. The van der Waals surface area contributed by atoms with Crippen LogP contribution in [0.2, 0.25) is 0 Å². The minimum atomic E-state index is -0.535. The number of carbonyl (C=O) groups excluding carboxylic acids is 1. The lowest BCUT2D eigenvalue weighted by atomic mass is 10.2. The Bertz CT molecular complexity index is 762. The predicted molar refractivity (Wildman–Crippen MR) is 96.5 cm³/mol. The summed E-state index contributed by atoms with van der Waals surface area (Å²) in [6.45, 7) is 1.71. The maximum atomic E-state index is 12.1. The van der Waals surface area contributed by atoms with E-state index in [1.54, 1.807) is 32.2 Å². The Balaban J connectivity index is 1.97. The van der Waals surface area contributed by atoms with Crippen LogP contribution < -0.4 is 20.2 Å². The summed E-state index contributed by atoms with van der Waals surface area (Å²) in [5, 5.41) is 16.7. The highest BCUT2D eigenvalue weighted by molar-refractivity contribution is 5.88. The van der Waals surface area contributed by atoms with Crippen molar-refractivity contribution in [3.8, 4) is 17.2 Å². The van der Waals surface area contributed by atoms with E-state index in [9.17, 15) is 9.90 Å². The van der Waals surface area contributed by atoms with E-state index >= 15 is 0 Å². The molecule has 2 aromatic rings. The summed E-state index contributed by atoms with van der Waals surface area (Å²) in [4.78, 5) is 12.1. The summed E-state index contributed by atoms with van der Waals surface area (Å²) < 4.78 is 10.3. The molecule has 0 aliphatic carbocycles. The lowest BCUT2D eigenvalue weighted by Gasteiger charge is -2.15. The van der Waals surface area contributed by atoms with Crippen molar-refractivity contribution in [2.45, 2.75) is 13.0 Å². The van der Waals surface area contributed by atoms with Gasteiger partial charge >= 0.3 is 0 Å². The number of rotatable bonds is 7. The van der Waals surface area contributed by atoms with Gasteiger partial charge in [0, 0.05) is 5.56 Å². The molecule has 1 atom stereocenters.